The maximum Gasteiger partial charge on any atom is 0.224 e. The first-order chi connectivity index (χ1) is 7.72. The Bertz CT molecular complexity index is 174. The number of nitrogens with one attached hydrogen (secondary N) is 2. The van der Waals surface area contributed by atoms with Crippen molar-refractivity contribution in [2.75, 3.05) is 32.8 Å². The molecule has 1 atom stereocenters. The van der Waals surface area contributed by atoms with E-state index in [9.17, 15) is 4.79 Å². The fourth-order valence-corrected chi connectivity index (χ4v) is 1.22. The molecule has 0 rings (SSSR count). The first-order valence-corrected chi connectivity index (χ1v) is 6.28. The summed E-state index contributed by atoms with van der Waals surface area (Å²) in [6.45, 7) is 9.74. The second-order valence-corrected chi connectivity index (χ2v) is 3.97. The third-order valence-electron chi connectivity index (χ3n) is 2.34. The van der Waals surface area contributed by atoms with Gasteiger partial charge in [-0.25, -0.2) is 0 Å². The van der Waals surface area contributed by atoms with Crippen LogP contribution in [0.4, 0.5) is 0 Å². The summed E-state index contributed by atoms with van der Waals surface area (Å²) in [7, 11) is 0. The number of rotatable bonds is 10. The highest BCUT2D eigenvalue weighted by Crippen LogP contribution is 1.92. The molecule has 0 radical (unpaired) electrons. The van der Waals surface area contributed by atoms with Crippen LogP contribution in [0.25, 0.3) is 0 Å². The van der Waals surface area contributed by atoms with Crippen LogP contribution in [-0.2, 0) is 9.53 Å². The second kappa shape index (κ2) is 10.9. The highest BCUT2D eigenvalue weighted by atomic mass is 16.5. The predicted molar refractivity (Wildman–Crippen MR) is 66.4 cm³/mol. The van der Waals surface area contributed by atoms with Crippen molar-refractivity contribution in [3.63, 3.8) is 0 Å². The van der Waals surface area contributed by atoms with Crippen LogP contribution in [-0.4, -0.2) is 38.8 Å². The third-order valence-corrected chi connectivity index (χ3v) is 2.34. The summed E-state index contributed by atoms with van der Waals surface area (Å²) in [5.41, 5.74) is 0. The van der Waals surface area contributed by atoms with Gasteiger partial charge >= 0.3 is 0 Å². The molecule has 0 fully saturated rings. The fourth-order valence-electron chi connectivity index (χ4n) is 1.22. The van der Waals surface area contributed by atoms with Crippen LogP contribution >= 0.6 is 0 Å². The number of carbonyl (C=O) groups is 1. The molecule has 0 saturated carbocycles. The summed E-state index contributed by atoms with van der Waals surface area (Å²) in [6.07, 6.45) is 2.23. The van der Waals surface area contributed by atoms with Gasteiger partial charge in [-0.1, -0.05) is 27.2 Å². The summed E-state index contributed by atoms with van der Waals surface area (Å²) in [5, 5.41) is 6.02. The van der Waals surface area contributed by atoms with Gasteiger partial charge in [-0.05, 0) is 13.0 Å². The van der Waals surface area contributed by atoms with Gasteiger partial charge in [0, 0.05) is 25.6 Å². The molecule has 0 bridgehead atoms. The number of hydrogen-bond donors (Lipinski definition) is 2. The molecule has 0 aliphatic rings. The Hall–Kier alpha value is -0.610. The van der Waals surface area contributed by atoms with Crippen molar-refractivity contribution < 1.29 is 9.53 Å². The Kier molecular flexibility index (Phi) is 10.5. The van der Waals surface area contributed by atoms with Gasteiger partial charge in [0.2, 0.25) is 5.91 Å². The van der Waals surface area contributed by atoms with E-state index in [-0.39, 0.29) is 11.8 Å². The first-order valence-electron chi connectivity index (χ1n) is 6.28. The van der Waals surface area contributed by atoms with E-state index < -0.39 is 0 Å². The van der Waals surface area contributed by atoms with Gasteiger partial charge in [-0.2, -0.15) is 0 Å². The van der Waals surface area contributed by atoms with Gasteiger partial charge in [0.25, 0.3) is 0 Å². The van der Waals surface area contributed by atoms with Crippen LogP contribution in [0.2, 0.25) is 0 Å². The van der Waals surface area contributed by atoms with E-state index in [4.69, 9.17) is 4.74 Å². The predicted octanol–water partition coefficient (Wildman–Crippen LogP) is 1.16. The lowest BCUT2D eigenvalue weighted by Gasteiger charge is -2.12. The highest BCUT2D eigenvalue weighted by Gasteiger charge is 2.10. The lowest BCUT2D eigenvalue weighted by atomic mass is 10.1. The van der Waals surface area contributed by atoms with Crippen molar-refractivity contribution in [2.24, 2.45) is 5.92 Å². The molecule has 4 heteroatoms. The minimum absolute atomic E-state index is 0.0237. The zero-order chi connectivity index (χ0) is 12.2. The van der Waals surface area contributed by atoms with Gasteiger partial charge in [-0.15, -0.1) is 0 Å². The van der Waals surface area contributed by atoms with Crippen LogP contribution in [0.15, 0.2) is 0 Å². The van der Waals surface area contributed by atoms with Gasteiger partial charge in [-0.3, -0.25) is 4.79 Å². The Morgan fingerprint density at radius 2 is 2.06 bits per heavy atom. The smallest absolute Gasteiger partial charge is 0.224 e. The Morgan fingerprint density at radius 3 is 2.69 bits per heavy atom. The normalized spacial score (nSPS) is 12.4. The van der Waals surface area contributed by atoms with Crippen LogP contribution < -0.4 is 10.6 Å². The zero-order valence-electron chi connectivity index (χ0n) is 10.8. The molecule has 16 heavy (non-hydrogen) atoms. The van der Waals surface area contributed by atoms with E-state index in [0.29, 0.717) is 13.2 Å². The maximum atomic E-state index is 11.5. The highest BCUT2D eigenvalue weighted by molar-refractivity contribution is 5.78. The van der Waals surface area contributed by atoms with Gasteiger partial charge in [0.05, 0.1) is 6.61 Å². The lowest BCUT2D eigenvalue weighted by Crippen LogP contribution is -2.36. The average molecular weight is 230 g/mol. The lowest BCUT2D eigenvalue weighted by molar-refractivity contribution is -0.124. The molecule has 0 aromatic heterocycles. The molecule has 1 amide bonds. The van der Waals surface area contributed by atoms with E-state index in [1.54, 1.807) is 0 Å². The molecule has 4 nitrogen and oxygen atoms in total. The molecule has 1 unspecified atom stereocenters. The van der Waals surface area contributed by atoms with E-state index in [2.05, 4.69) is 17.6 Å². The van der Waals surface area contributed by atoms with Crippen molar-refractivity contribution in [2.45, 2.75) is 33.6 Å². The standard InChI is InChI=1S/C12H26N2O2/c1-4-6-8-16-9-7-14-12(15)11(3)10-13-5-2/h11,13H,4-10H2,1-3H3,(H,14,15). The van der Waals surface area contributed by atoms with Gasteiger partial charge in [0.15, 0.2) is 0 Å². The molecule has 2 N–H and O–H groups in total. The first kappa shape index (κ1) is 15.4. The fraction of sp³-hybridized carbons (Fsp3) is 0.917. The number of carbonyl (C=O) groups excluding carboxylic acids is 1. The van der Waals surface area contributed by atoms with E-state index in [0.717, 1.165) is 32.5 Å². The summed E-state index contributed by atoms with van der Waals surface area (Å²) < 4.78 is 5.35. The number of amides is 1. The average Bonchev–Trinajstić information content (AvgIpc) is 2.30. The molecule has 0 aliphatic carbocycles. The minimum atomic E-state index is 0.0237. The Balaban J connectivity index is 3.35. The van der Waals surface area contributed by atoms with E-state index in [1.807, 2.05) is 13.8 Å². The topological polar surface area (TPSA) is 50.4 Å². The van der Waals surface area contributed by atoms with Crippen molar-refractivity contribution in [3.05, 3.63) is 0 Å². The molecule has 0 aromatic rings. The van der Waals surface area contributed by atoms with Gasteiger partial charge < -0.3 is 15.4 Å². The molecule has 0 aromatic carbocycles. The SMILES string of the molecule is CCCCOCCNC(=O)C(C)CNCC. The zero-order valence-corrected chi connectivity index (χ0v) is 10.8. The van der Waals surface area contributed by atoms with Crippen molar-refractivity contribution in [1.82, 2.24) is 10.6 Å². The Morgan fingerprint density at radius 1 is 1.31 bits per heavy atom. The maximum absolute atomic E-state index is 11.5. The number of unbranched alkanes of at least 4 members (excludes halogenated alkanes) is 1. The molecular formula is C12H26N2O2. The second-order valence-electron chi connectivity index (χ2n) is 3.97. The quantitative estimate of drug-likeness (QED) is 0.554. The van der Waals surface area contributed by atoms with E-state index >= 15 is 0 Å². The molecule has 0 spiro atoms. The summed E-state index contributed by atoms with van der Waals surface area (Å²) in [6, 6.07) is 0. The summed E-state index contributed by atoms with van der Waals surface area (Å²) in [4.78, 5) is 11.5. The summed E-state index contributed by atoms with van der Waals surface area (Å²) >= 11 is 0. The van der Waals surface area contributed by atoms with E-state index in [1.165, 1.54) is 0 Å². The van der Waals surface area contributed by atoms with Gasteiger partial charge in [0.1, 0.15) is 0 Å². The minimum Gasteiger partial charge on any atom is -0.380 e. The number of ether oxygens (including phenoxy) is 1. The largest absolute Gasteiger partial charge is 0.380 e. The molecule has 0 heterocycles. The van der Waals surface area contributed by atoms with Crippen molar-refractivity contribution >= 4 is 5.91 Å². The Labute approximate surface area is 99.1 Å². The third kappa shape index (κ3) is 8.68. The number of hydrogen-bond acceptors (Lipinski definition) is 3. The van der Waals surface area contributed by atoms with Crippen LogP contribution in [0.3, 0.4) is 0 Å². The molecule has 0 aliphatic heterocycles. The summed E-state index contributed by atoms with van der Waals surface area (Å²) in [5.74, 6) is 0.121. The van der Waals surface area contributed by atoms with Crippen LogP contribution in [0.5, 0.6) is 0 Å². The van der Waals surface area contributed by atoms with Crippen LogP contribution in [0.1, 0.15) is 33.6 Å². The van der Waals surface area contributed by atoms with Crippen molar-refractivity contribution in [3.8, 4) is 0 Å². The monoisotopic (exact) mass is 230 g/mol. The molecule has 96 valence electrons. The molecule has 0 saturated heterocycles. The molecular weight excluding hydrogens is 204 g/mol. The van der Waals surface area contributed by atoms with Crippen molar-refractivity contribution in [1.29, 1.82) is 0 Å². The van der Waals surface area contributed by atoms with Crippen LogP contribution in [0, 0.1) is 5.92 Å².